The van der Waals surface area contributed by atoms with Crippen LogP contribution in [0.4, 0.5) is 15.6 Å². The summed E-state index contributed by atoms with van der Waals surface area (Å²) in [5, 5.41) is 12.2. The standard InChI is InChI=1S/C20H21N7O2S/c28-18(25-13-4-3-6-21-11-13)14-10-16(15-5-1-2-7-23-15)30-19(14)27-20(29)26-17-12-22-8-9-24-17/h1-2,5,7-10,12-13,21H,3-4,6,11H2,(H,25,28)(H2,24,26,27,29)/t13-/m0/s1. The van der Waals surface area contributed by atoms with Crippen LogP contribution in [-0.4, -0.2) is 46.0 Å². The van der Waals surface area contributed by atoms with Crippen LogP contribution in [0.15, 0.2) is 49.1 Å². The summed E-state index contributed by atoms with van der Waals surface area (Å²) in [6, 6.07) is 6.89. The summed E-state index contributed by atoms with van der Waals surface area (Å²) >= 11 is 1.29. The predicted octanol–water partition coefficient (Wildman–Crippen LogP) is 2.73. The molecule has 3 aromatic rings. The molecular formula is C20H21N7O2S. The number of urea groups is 1. The van der Waals surface area contributed by atoms with Crippen LogP contribution in [0.3, 0.4) is 0 Å². The van der Waals surface area contributed by atoms with Crippen molar-refractivity contribution in [3.8, 4) is 10.6 Å². The molecule has 3 amide bonds. The lowest BCUT2D eigenvalue weighted by Crippen LogP contribution is -2.45. The molecule has 0 spiro atoms. The lowest BCUT2D eigenvalue weighted by Gasteiger charge is -2.23. The molecule has 0 bridgehead atoms. The van der Waals surface area contributed by atoms with Gasteiger partial charge in [-0.2, -0.15) is 0 Å². The first-order valence-electron chi connectivity index (χ1n) is 9.60. The minimum absolute atomic E-state index is 0.0609. The van der Waals surface area contributed by atoms with E-state index < -0.39 is 6.03 Å². The molecule has 4 N–H and O–H groups in total. The number of thiophene rings is 1. The molecule has 9 nitrogen and oxygen atoms in total. The third-order valence-corrected chi connectivity index (χ3v) is 5.63. The van der Waals surface area contributed by atoms with E-state index >= 15 is 0 Å². The van der Waals surface area contributed by atoms with Crippen LogP contribution in [0.1, 0.15) is 23.2 Å². The fraction of sp³-hybridized carbons (Fsp3) is 0.250. The molecule has 154 valence electrons. The Morgan fingerprint density at radius 2 is 2.07 bits per heavy atom. The zero-order valence-electron chi connectivity index (χ0n) is 16.1. The summed E-state index contributed by atoms with van der Waals surface area (Å²) in [6.45, 7) is 1.70. The maximum absolute atomic E-state index is 13.0. The zero-order valence-corrected chi connectivity index (χ0v) is 16.9. The Balaban J connectivity index is 1.56. The molecule has 0 aromatic carbocycles. The van der Waals surface area contributed by atoms with Gasteiger partial charge < -0.3 is 10.6 Å². The van der Waals surface area contributed by atoms with Crippen molar-refractivity contribution in [2.45, 2.75) is 18.9 Å². The van der Waals surface area contributed by atoms with Gasteiger partial charge >= 0.3 is 6.03 Å². The molecule has 0 aliphatic carbocycles. The maximum Gasteiger partial charge on any atom is 0.325 e. The predicted molar refractivity (Wildman–Crippen MR) is 116 cm³/mol. The Kier molecular flexibility index (Phi) is 6.26. The van der Waals surface area contributed by atoms with Gasteiger partial charge in [-0.3, -0.25) is 25.4 Å². The SMILES string of the molecule is O=C(Nc1cnccn1)Nc1sc(-c2ccccn2)cc1C(=O)N[C@H]1CCCNC1. The van der Waals surface area contributed by atoms with Crippen molar-refractivity contribution < 1.29 is 9.59 Å². The minimum Gasteiger partial charge on any atom is -0.348 e. The summed E-state index contributed by atoms with van der Waals surface area (Å²) in [7, 11) is 0. The Morgan fingerprint density at radius 1 is 1.13 bits per heavy atom. The van der Waals surface area contributed by atoms with Crippen molar-refractivity contribution in [2.24, 2.45) is 0 Å². The second-order valence-corrected chi connectivity index (χ2v) is 7.81. The van der Waals surface area contributed by atoms with Crippen LogP contribution in [0.5, 0.6) is 0 Å². The van der Waals surface area contributed by atoms with Crippen molar-refractivity contribution >= 4 is 34.1 Å². The van der Waals surface area contributed by atoms with Gasteiger partial charge in [-0.1, -0.05) is 6.07 Å². The van der Waals surface area contributed by atoms with Gasteiger partial charge in [0.1, 0.15) is 5.00 Å². The fourth-order valence-corrected chi connectivity index (χ4v) is 4.17. The van der Waals surface area contributed by atoms with E-state index in [0.29, 0.717) is 16.4 Å². The minimum atomic E-state index is -0.502. The Morgan fingerprint density at radius 3 is 2.80 bits per heavy atom. The van der Waals surface area contributed by atoms with Crippen LogP contribution < -0.4 is 21.3 Å². The van der Waals surface area contributed by atoms with E-state index in [1.165, 1.54) is 29.9 Å². The molecule has 4 rings (SSSR count). The first-order chi connectivity index (χ1) is 14.7. The smallest absolute Gasteiger partial charge is 0.325 e. The average molecular weight is 424 g/mol. The maximum atomic E-state index is 13.0. The molecule has 4 heterocycles. The molecule has 0 saturated carbocycles. The molecule has 1 atom stereocenters. The van der Waals surface area contributed by atoms with Gasteiger partial charge in [0.25, 0.3) is 5.91 Å². The third kappa shape index (κ3) is 4.97. The second-order valence-electron chi connectivity index (χ2n) is 6.75. The van der Waals surface area contributed by atoms with E-state index in [1.807, 2.05) is 18.2 Å². The van der Waals surface area contributed by atoms with Crippen LogP contribution in [-0.2, 0) is 0 Å². The van der Waals surface area contributed by atoms with Gasteiger partial charge in [0.05, 0.1) is 22.3 Å². The summed E-state index contributed by atoms with van der Waals surface area (Å²) in [5.74, 6) is 0.0905. The van der Waals surface area contributed by atoms with Gasteiger partial charge in [0.15, 0.2) is 5.82 Å². The normalized spacial score (nSPS) is 15.9. The van der Waals surface area contributed by atoms with Gasteiger partial charge in [-0.05, 0) is 37.6 Å². The number of anilines is 2. The van der Waals surface area contributed by atoms with Gasteiger partial charge in [0, 0.05) is 31.2 Å². The summed E-state index contributed by atoms with van der Waals surface area (Å²) in [5.41, 5.74) is 1.14. The molecule has 1 saturated heterocycles. The zero-order chi connectivity index (χ0) is 20.8. The van der Waals surface area contributed by atoms with Crippen LogP contribution in [0.2, 0.25) is 0 Å². The van der Waals surface area contributed by atoms with E-state index in [4.69, 9.17) is 0 Å². The lowest BCUT2D eigenvalue weighted by molar-refractivity contribution is 0.0932. The van der Waals surface area contributed by atoms with E-state index in [1.54, 1.807) is 12.3 Å². The highest BCUT2D eigenvalue weighted by atomic mass is 32.1. The number of rotatable bonds is 5. The van der Waals surface area contributed by atoms with Crippen molar-refractivity contribution in [1.29, 1.82) is 0 Å². The number of nitrogens with zero attached hydrogens (tertiary/aromatic N) is 3. The molecule has 1 aliphatic rings. The van der Waals surface area contributed by atoms with E-state index in [2.05, 4.69) is 36.2 Å². The van der Waals surface area contributed by atoms with E-state index in [9.17, 15) is 9.59 Å². The fourth-order valence-electron chi connectivity index (χ4n) is 3.14. The molecule has 1 aliphatic heterocycles. The average Bonchev–Trinajstić information content (AvgIpc) is 3.19. The number of pyridine rings is 1. The molecular weight excluding hydrogens is 402 g/mol. The number of hydrogen-bond donors (Lipinski definition) is 4. The van der Waals surface area contributed by atoms with Crippen molar-refractivity contribution in [2.75, 3.05) is 23.7 Å². The van der Waals surface area contributed by atoms with Crippen molar-refractivity contribution in [3.63, 3.8) is 0 Å². The lowest BCUT2D eigenvalue weighted by atomic mass is 10.1. The number of hydrogen-bond acceptors (Lipinski definition) is 7. The quantitative estimate of drug-likeness (QED) is 0.501. The molecule has 10 heteroatoms. The number of carbonyl (C=O) groups excluding carboxylic acids is 2. The summed E-state index contributed by atoms with van der Waals surface area (Å²) in [6.07, 6.45) is 8.07. The van der Waals surface area contributed by atoms with Gasteiger partial charge in [-0.15, -0.1) is 11.3 Å². The topological polar surface area (TPSA) is 121 Å². The van der Waals surface area contributed by atoms with Crippen LogP contribution in [0, 0.1) is 0 Å². The number of nitrogens with one attached hydrogen (secondary N) is 4. The Labute approximate surface area is 177 Å². The van der Waals surface area contributed by atoms with Crippen molar-refractivity contribution in [3.05, 3.63) is 54.6 Å². The molecule has 0 radical (unpaired) electrons. The van der Waals surface area contributed by atoms with Crippen LogP contribution in [0.25, 0.3) is 10.6 Å². The van der Waals surface area contributed by atoms with E-state index in [-0.39, 0.29) is 11.9 Å². The number of carbonyl (C=O) groups is 2. The number of amides is 3. The van der Waals surface area contributed by atoms with Crippen LogP contribution >= 0.6 is 11.3 Å². The summed E-state index contributed by atoms with van der Waals surface area (Å²) < 4.78 is 0. The van der Waals surface area contributed by atoms with Gasteiger partial charge in [0.2, 0.25) is 0 Å². The molecule has 30 heavy (non-hydrogen) atoms. The number of aromatic nitrogens is 3. The molecule has 3 aromatic heterocycles. The summed E-state index contributed by atoms with van der Waals surface area (Å²) in [4.78, 5) is 38.5. The third-order valence-electron chi connectivity index (χ3n) is 4.56. The van der Waals surface area contributed by atoms with Gasteiger partial charge in [-0.25, -0.2) is 9.78 Å². The highest BCUT2D eigenvalue weighted by molar-refractivity contribution is 7.20. The highest BCUT2D eigenvalue weighted by Crippen LogP contribution is 2.34. The first kappa shape index (κ1) is 19.9. The monoisotopic (exact) mass is 423 g/mol. The second kappa shape index (κ2) is 9.42. The number of piperidine rings is 1. The molecule has 0 unspecified atom stereocenters. The largest absolute Gasteiger partial charge is 0.348 e. The van der Waals surface area contributed by atoms with E-state index in [0.717, 1.165) is 36.5 Å². The van der Waals surface area contributed by atoms with Crippen molar-refractivity contribution in [1.82, 2.24) is 25.6 Å². The first-order valence-corrected chi connectivity index (χ1v) is 10.4. The molecule has 1 fully saturated rings. The Hall–Kier alpha value is -3.37. The highest BCUT2D eigenvalue weighted by Gasteiger charge is 2.22. The Bertz CT molecular complexity index is 1000.